The first-order chi connectivity index (χ1) is 11.8. The van der Waals surface area contributed by atoms with Gasteiger partial charge in [-0.15, -0.1) is 0 Å². The molecule has 0 unspecified atom stereocenters. The van der Waals surface area contributed by atoms with Crippen LogP contribution in [0.25, 0.3) is 6.08 Å². The smallest absolute Gasteiger partial charge is 0.416 e. The number of amides is 1. The van der Waals surface area contributed by atoms with Crippen molar-refractivity contribution in [2.45, 2.75) is 43.8 Å². The molecule has 0 bridgehead atoms. The van der Waals surface area contributed by atoms with Crippen LogP contribution in [-0.2, 0) is 20.5 Å². The zero-order chi connectivity index (χ0) is 18.5. The van der Waals surface area contributed by atoms with E-state index in [4.69, 9.17) is 4.74 Å². The Balaban J connectivity index is 2.10. The number of carbonyl (C=O) groups is 2. The third-order valence-corrected chi connectivity index (χ3v) is 4.29. The van der Waals surface area contributed by atoms with Crippen molar-refractivity contribution in [2.24, 2.45) is 0 Å². The molecular weight excluding hydrogens is 335 g/mol. The van der Waals surface area contributed by atoms with E-state index >= 15 is 0 Å². The van der Waals surface area contributed by atoms with Gasteiger partial charge in [-0.05, 0) is 36.6 Å². The average molecular weight is 355 g/mol. The van der Waals surface area contributed by atoms with Crippen LogP contribution in [0.15, 0.2) is 30.3 Å². The molecule has 1 N–H and O–H groups in total. The monoisotopic (exact) mass is 355 g/mol. The molecule has 1 amide bonds. The SMILES string of the molecule is COC(=O)C1(NC(=O)/C=C/c2cccc(C(F)(F)F)c2)CCCCC1. The second kappa shape index (κ2) is 7.72. The number of alkyl halides is 3. The lowest BCUT2D eigenvalue weighted by Gasteiger charge is -2.34. The number of rotatable bonds is 4. The fourth-order valence-electron chi connectivity index (χ4n) is 3.00. The van der Waals surface area contributed by atoms with E-state index in [1.807, 2.05) is 0 Å². The maximum absolute atomic E-state index is 12.7. The fourth-order valence-corrected chi connectivity index (χ4v) is 3.00. The first-order valence-corrected chi connectivity index (χ1v) is 8.03. The standard InChI is InChI=1S/C18H20F3NO3/c1-25-16(24)17(10-3-2-4-11-17)22-15(23)9-8-13-6-5-7-14(12-13)18(19,20)21/h5-9,12H,2-4,10-11H2,1H3,(H,22,23)/b9-8+. The van der Waals surface area contributed by atoms with Crippen molar-refractivity contribution >= 4 is 18.0 Å². The normalized spacial score (nSPS) is 17.3. The molecule has 1 aromatic rings. The highest BCUT2D eigenvalue weighted by Crippen LogP contribution is 2.30. The Morgan fingerprint density at radius 1 is 1.20 bits per heavy atom. The van der Waals surface area contributed by atoms with Crippen LogP contribution in [0.1, 0.15) is 43.2 Å². The third-order valence-electron chi connectivity index (χ3n) is 4.29. The number of methoxy groups -OCH3 is 1. The summed E-state index contributed by atoms with van der Waals surface area (Å²) in [4.78, 5) is 24.2. The molecule has 1 fully saturated rings. The van der Waals surface area contributed by atoms with E-state index in [1.165, 1.54) is 25.3 Å². The summed E-state index contributed by atoms with van der Waals surface area (Å²) in [5.74, 6) is -1.03. The summed E-state index contributed by atoms with van der Waals surface area (Å²) in [7, 11) is 1.27. The number of benzene rings is 1. The number of carbonyl (C=O) groups excluding carboxylic acids is 2. The average Bonchev–Trinajstić information content (AvgIpc) is 2.59. The lowest BCUT2D eigenvalue weighted by molar-refractivity contribution is -0.152. The van der Waals surface area contributed by atoms with Crippen LogP contribution in [0.5, 0.6) is 0 Å². The molecule has 0 atom stereocenters. The Morgan fingerprint density at radius 3 is 2.48 bits per heavy atom. The predicted molar refractivity (Wildman–Crippen MR) is 86.5 cm³/mol. The van der Waals surface area contributed by atoms with Crippen LogP contribution in [0, 0.1) is 0 Å². The number of esters is 1. The van der Waals surface area contributed by atoms with E-state index in [2.05, 4.69) is 5.32 Å². The maximum Gasteiger partial charge on any atom is 0.416 e. The molecule has 1 aromatic carbocycles. The topological polar surface area (TPSA) is 55.4 Å². The molecule has 1 saturated carbocycles. The van der Waals surface area contributed by atoms with Crippen LogP contribution in [0.3, 0.4) is 0 Å². The fraction of sp³-hybridized carbons (Fsp3) is 0.444. The maximum atomic E-state index is 12.7. The van der Waals surface area contributed by atoms with Gasteiger partial charge >= 0.3 is 12.1 Å². The number of halogens is 3. The molecule has 1 aliphatic carbocycles. The second-order valence-electron chi connectivity index (χ2n) is 6.08. The molecular formula is C18H20F3NO3. The van der Waals surface area contributed by atoms with Crippen molar-refractivity contribution < 1.29 is 27.5 Å². The summed E-state index contributed by atoms with van der Waals surface area (Å²) in [5, 5.41) is 2.68. The Hall–Kier alpha value is -2.31. The molecule has 4 nitrogen and oxygen atoms in total. The van der Waals surface area contributed by atoms with Crippen molar-refractivity contribution in [1.82, 2.24) is 5.32 Å². The van der Waals surface area contributed by atoms with Gasteiger partial charge in [0.2, 0.25) is 5.91 Å². The molecule has 0 radical (unpaired) electrons. The summed E-state index contributed by atoms with van der Waals surface area (Å²) in [6.07, 6.45) is 1.54. The molecule has 0 heterocycles. The van der Waals surface area contributed by atoms with Crippen LogP contribution < -0.4 is 5.32 Å². The van der Waals surface area contributed by atoms with Crippen molar-refractivity contribution in [2.75, 3.05) is 7.11 Å². The van der Waals surface area contributed by atoms with Crippen LogP contribution >= 0.6 is 0 Å². The van der Waals surface area contributed by atoms with Gasteiger partial charge in [-0.2, -0.15) is 13.2 Å². The molecule has 25 heavy (non-hydrogen) atoms. The van der Waals surface area contributed by atoms with Gasteiger partial charge < -0.3 is 10.1 Å². The Labute approximate surface area is 144 Å². The lowest BCUT2D eigenvalue weighted by atomic mass is 9.81. The quantitative estimate of drug-likeness (QED) is 0.662. The van der Waals surface area contributed by atoms with Crippen molar-refractivity contribution in [3.63, 3.8) is 0 Å². The molecule has 0 spiro atoms. The third kappa shape index (κ3) is 4.84. The number of hydrogen-bond donors (Lipinski definition) is 1. The van der Waals surface area contributed by atoms with Crippen LogP contribution in [0.4, 0.5) is 13.2 Å². The zero-order valence-corrected chi connectivity index (χ0v) is 13.9. The van der Waals surface area contributed by atoms with Crippen molar-refractivity contribution in [3.05, 3.63) is 41.5 Å². The van der Waals surface area contributed by atoms with Gasteiger partial charge in [0.1, 0.15) is 5.54 Å². The summed E-state index contributed by atoms with van der Waals surface area (Å²) in [6.45, 7) is 0. The predicted octanol–water partition coefficient (Wildman–Crippen LogP) is 3.71. The minimum atomic E-state index is -4.44. The second-order valence-corrected chi connectivity index (χ2v) is 6.08. The number of nitrogens with one attached hydrogen (secondary N) is 1. The van der Waals surface area contributed by atoms with E-state index in [1.54, 1.807) is 0 Å². The van der Waals surface area contributed by atoms with Crippen molar-refractivity contribution in [3.8, 4) is 0 Å². The van der Waals surface area contributed by atoms with Crippen LogP contribution in [-0.4, -0.2) is 24.5 Å². The first-order valence-electron chi connectivity index (χ1n) is 8.03. The summed E-state index contributed by atoms with van der Waals surface area (Å²) >= 11 is 0. The highest BCUT2D eigenvalue weighted by Gasteiger charge is 2.41. The summed E-state index contributed by atoms with van der Waals surface area (Å²) < 4.78 is 42.9. The lowest BCUT2D eigenvalue weighted by Crippen LogP contribution is -2.55. The highest BCUT2D eigenvalue weighted by atomic mass is 19.4. The van der Waals surface area contributed by atoms with Gasteiger partial charge in [-0.25, -0.2) is 4.79 Å². The van der Waals surface area contributed by atoms with Gasteiger partial charge in [0, 0.05) is 6.08 Å². The molecule has 0 saturated heterocycles. The summed E-state index contributed by atoms with van der Waals surface area (Å²) in [6, 6.07) is 4.67. The number of hydrogen-bond acceptors (Lipinski definition) is 3. The Morgan fingerprint density at radius 2 is 1.88 bits per heavy atom. The molecule has 0 aromatic heterocycles. The molecule has 136 valence electrons. The molecule has 0 aliphatic heterocycles. The first kappa shape index (κ1) is 19.0. The van der Waals surface area contributed by atoms with Gasteiger partial charge in [0.05, 0.1) is 12.7 Å². The van der Waals surface area contributed by atoms with Gasteiger partial charge in [-0.3, -0.25) is 4.79 Å². The van der Waals surface area contributed by atoms with E-state index in [0.29, 0.717) is 12.8 Å². The van der Waals surface area contributed by atoms with E-state index in [0.717, 1.165) is 37.5 Å². The minimum absolute atomic E-state index is 0.251. The van der Waals surface area contributed by atoms with E-state index in [9.17, 15) is 22.8 Å². The highest BCUT2D eigenvalue weighted by molar-refractivity contribution is 5.96. The number of ether oxygens (including phenoxy) is 1. The van der Waals surface area contributed by atoms with E-state index in [-0.39, 0.29) is 5.56 Å². The van der Waals surface area contributed by atoms with Gasteiger partial charge in [0.15, 0.2) is 0 Å². The molecule has 1 aliphatic rings. The minimum Gasteiger partial charge on any atom is -0.467 e. The van der Waals surface area contributed by atoms with Gasteiger partial charge in [-0.1, -0.05) is 31.4 Å². The molecule has 7 heteroatoms. The van der Waals surface area contributed by atoms with Gasteiger partial charge in [0.25, 0.3) is 0 Å². The van der Waals surface area contributed by atoms with Crippen molar-refractivity contribution in [1.29, 1.82) is 0 Å². The van der Waals surface area contributed by atoms with E-state index < -0.39 is 29.2 Å². The summed E-state index contributed by atoms with van der Waals surface area (Å²) in [5.41, 5.74) is -1.59. The Kier molecular flexibility index (Phi) is 5.87. The largest absolute Gasteiger partial charge is 0.467 e. The van der Waals surface area contributed by atoms with Crippen LogP contribution in [0.2, 0.25) is 0 Å². The zero-order valence-electron chi connectivity index (χ0n) is 13.9. The molecule has 2 rings (SSSR count). The Bertz CT molecular complexity index is 662.